The molecule has 0 saturated carbocycles. The predicted octanol–water partition coefficient (Wildman–Crippen LogP) is 6.20. The van der Waals surface area contributed by atoms with Crippen LogP contribution < -0.4 is 5.69 Å². The molecule has 5 aromatic rings. The molecule has 0 radical (unpaired) electrons. The number of benzene rings is 3. The van der Waals surface area contributed by atoms with Gasteiger partial charge in [0.25, 0.3) is 0 Å². The number of halogens is 2. The summed E-state index contributed by atoms with van der Waals surface area (Å²) in [5.74, 6) is 0. The first-order valence-corrected chi connectivity index (χ1v) is 13.1. The number of rotatable bonds is 6. The monoisotopic (exact) mass is 529 g/mol. The second kappa shape index (κ2) is 10.1. The summed E-state index contributed by atoms with van der Waals surface area (Å²) in [7, 11) is 0. The quantitative estimate of drug-likeness (QED) is 0.263. The Balaban J connectivity index is 1.42. The molecular weight excluding hydrogens is 505 g/mol. The summed E-state index contributed by atoms with van der Waals surface area (Å²) in [6.07, 6.45) is 3.86. The van der Waals surface area contributed by atoms with Crippen LogP contribution in [0.3, 0.4) is 0 Å². The van der Waals surface area contributed by atoms with E-state index in [9.17, 15) is 4.79 Å². The maximum absolute atomic E-state index is 13.5. The Hall–Kier alpha value is -3.45. The molecule has 186 valence electrons. The molecule has 37 heavy (non-hydrogen) atoms. The first kappa shape index (κ1) is 23.9. The van der Waals surface area contributed by atoms with Crippen LogP contribution in [-0.4, -0.2) is 36.9 Å². The van der Waals surface area contributed by atoms with E-state index in [0.717, 1.165) is 48.2 Å². The van der Waals surface area contributed by atoms with Crippen LogP contribution in [0.5, 0.6) is 0 Å². The fourth-order valence-electron chi connectivity index (χ4n) is 5.16. The van der Waals surface area contributed by atoms with Gasteiger partial charge >= 0.3 is 5.69 Å². The number of nitrogens with zero attached hydrogens (tertiary/aromatic N) is 5. The van der Waals surface area contributed by atoms with Gasteiger partial charge in [-0.15, -0.1) is 5.10 Å². The van der Waals surface area contributed by atoms with E-state index in [1.807, 2.05) is 54.6 Å². The molecule has 0 spiro atoms. The lowest BCUT2D eigenvalue weighted by molar-refractivity contribution is 0.217. The van der Waals surface area contributed by atoms with Crippen LogP contribution in [0.4, 0.5) is 0 Å². The molecule has 0 amide bonds. The molecule has 1 aliphatic rings. The van der Waals surface area contributed by atoms with E-state index in [-0.39, 0.29) is 11.7 Å². The molecule has 6 rings (SSSR count). The summed E-state index contributed by atoms with van der Waals surface area (Å²) in [6.45, 7) is 2.39. The minimum atomic E-state index is -0.237. The molecule has 0 unspecified atom stereocenters. The minimum absolute atomic E-state index is 0.234. The first-order chi connectivity index (χ1) is 18.1. The number of likely N-dealkylation sites (tertiary alicyclic amines) is 1. The Labute approximate surface area is 224 Å². The van der Waals surface area contributed by atoms with Gasteiger partial charge in [-0.25, -0.2) is 9.48 Å². The van der Waals surface area contributed by atoms with Gasteiger partial charge in [-0.1, -0.05) is 77.8 Å². The fraction of sp³-hybridized carbons (Fsp3) is 0.207. The Morgan fingerprint density at radius 2 is 1.54 bits per heavy atom. The van der Waals surface area contributed by atoms with E-state index in [2.05, 4.69) is 34.3 Å². The van der Waals surface area contributed by atoms with Crippen LogP contribution in [0.2, 0.25) is 10.0 Å². The number of aromatic nitrogens is 4. The third kappa shape index (κ3) is 4.80. The molecule has 1 fully saturated rings. The van der Waals surface area contributed by atoms with Crippen molar-refractivity contribution in [3.8, 4) is 22.3 Å². The topological polar surface area (TPSA) is 55.4 Å². The van der Waals surface area contributed by atoms with Crippen molar-refractivity contribution in [2.75, 3.05) is 6.54 Å². The lowest BCUT2D eigenvalue weighted by Crippen LogP contribution is -2.36. The van der Waals surface area contributed by atoms with Gasteiger partial charge in [0.15, 0.2) is 5.65 Å². The highest BCUT2D eigenvalue weighted by atomic mass is 35.5. The molecule has 3 heterocycles. The molecule has 6 nitrogen and oxygen atoms in total. The number of fused-ring (bicyclic) bond motifs is 1. The van der Waals surface area contributed by atoms with Gasteiger partial charge < -0.3 is 0 Å². The molecule has 0 bridgehead atoms. The average molecular weight is 530 g/mol. The minimum Gasteiger partial charge on any atom is -0.294 e. The van der Waals surface area contributed by atoms with Crippen molar-refractivity contribution in [1.82, 2.24) is 24.3 Å². The van der Waals surface area contributed by atoms with Crippen LogP contribution in [0.25, 0.3) is 27.9 Å². The number of hydrogen-bond donors (Lipinski definition) is 0. The van der Waals surface area contributed by atoms with Crippen LogP contribution in [-0.2, 0) is 13.1 Å². The lowest BCUT2D eigenvalue weighted by Gasteiger charge is -2.24. The molecular formula is C29H25Cl2N5O. The molecule has 1 saturated heterocycles. The third-order valence-corrected chi connectivity index (χ3v) is 7.52. The highest BCUT2D eigenvalue weighted by Gasteiger charge is 2.27. The maximum atomic E-state index is 13.5. The van der Waals surface area contributed by atoms with Crippen molar-refractivity contribution in [3.05, 3.63) is 111 Å². The summed E-state index contributed by atoms with van der Waals surface area (Å²) in [5, 5.41) is 10.7. The van der Waals surface area contributed by atoms with Crippen molar-refractivity contribution in [2.45, 2.75) is 32.0 Å². The maximum Gasteiger partial charge on any atom is 0.367 e. The first-order valence-electron chi connectivity index (χ1n) is 12.4. The molecule has 2 aromatic heterocycles. The van der Waals surface area contributed by atoms with Crippen molar-refractivity contribution >= 4 is 28.8 Å². The van der Waals surface area contributed by atoms with Gasteiger partial charge in [0, 0.05) is 33.8 Å². The second-order valence-corrected chi connectivity index (χ2v) is 10.3. The van der Waals surface area contributed by atoms with Crippen LogP contribution in [0.15, 0.2) is 89.9 Å². The summed E-state index contributed by atoms with van der Waals surface area (Å²) in [6, 6.07) is 25.8. The van der Waals surface area contributed by atoms with Gasteiger partial charge in [-0.3, -0.25) is 4.90 Å². The van der Waals surface area contributed by atoms with Crippen molar-refractivity contribution < 1.29 is 0 Å². The number of hydrogen-bond acceptors (Lipinski definition) is 4. The smallest absolute Gasteiger partial charge is 0.294 e. The largest absolute Gasteiger partial charge is 0.367 e. The Morgan fingerprint density at radius 1 is 0.865 bits per heavy atom. The molecule has 8 heteroatoms. The van der Waals surface area contributed by atoms with E-state index in [4.69, 9.17) is 28.3 Å². The summed E-state index contributed by atoms with van der Waals surface area (Å²) >= 11 is 12.3. The molecule has 3 aromatic carbocycles. The van der Waals surface area contributed by atoms with Crippen molar-refractivity contribution in [3.63, 3.8) is 0 Å². The van der Waals surface area contributed by atoms with E-state index in [0.29, 0.717) is 22.2 Å². The molecule has 0 aliphatic carbocycles. The van der Waals surface area contributed by atoms with Crippen molar-refractivity contribution in [2.24, 2.45) is 0 Å². The Bertz CT molecular complexity index is 1590. The summed E-state index contributed by atoms with van der Waals surface area (Å²) in [5.41, 5.74) is 5.11. The molecule has 1 aliphatic heterocycles. The van der Waals surface area contributed by atoms with E-state index in [1.54, 1.807) is 10.9 Å². The van der Waals surface area contributed by atoms with Crippen LogP contribution in [0.1, 0.15) is 18.4 Å². The van der Waals surface area contributed by atoms with Crippen LogP contribution in [0, 0.1) is 0 Å². The van der Waals surface area contributed by atoms with Gasteiger partial charge in [0.1, 0.15) is 0 Å². The van der Waals surface area contributed by atoms with Gasteiger partial charge in [-0.05, 0) is 60.3 Å². The zero-order valence-electron chi connectivity index (χ0n) is 20.1. The van der Waals surface area contributed by atoms with E-state index >= 15 is 0 Å². The molecule has 0 N–H and O–H groups in total. The van der Waals surface area contributed by atoms with Gasteiger partial charge in [0.2, 0.25) is 0 Å². The normalized spacial score (nSPS) is 16.0. The average Bonchev–Trinajstić information content (AvgIpc) is 3.49. The second-order valence-electron chi connectivity index (χ2n) is 9.40. The molecule has 1 atom stereocenters. The zero-order chi connectivity index (χ0) is 25.4. The lowest BCUT2D eigenvalue weighted by atomic mass is 9.97. The zero-order valence-corrected chi connectivity index (χ0v) is 21.6. The SMILES string of the molecule is O=c1n(C[C@@H]2CCCN2Cc2ccccc2)nc2c(-c3ccc(Cl)cc3)c(-c3ccc(Cl)cc3)cnn12. The fourth-order valence-corrected chi connectivity index (χ4v) is 5.41. The van der Waals surface area contributed by atoms with Gasteiger partial charge in [0.05, 0.1) is 12.7 Å². The van der Waals surface area contributed by atoms with E-state index in [1.165, 1.54) is 10.1 Å². The summed E-state index contributed by atoms with van der Waals surface area (Å²) < 4.78 is 2.97. The summed E-state index contributed by atoms with van der Waals surface area (Å²) in [4.78, 5) is 15.9. The van der Waals surface area contributed by atoms with E-state index < -0.39 is 0 Å². The predicted molar refractivity (Wildman–Crippen MR) is 148 cm³/mol. The van der Waals surface area contributed by atoms with Crippen molar-refractivity contribution in [1.29, 1.82) is 0 Å². The van der Waals surface area contributed by atoms with Gasteiger partial charge in [-0.2, -0.15) is 9.61 Å². The van der Waals surface area contributed by atoms with Crippen LogP contribution >= 0.6 is 23.2 Å². The standard InChI is InChI=1S/C29H25Cl2N5O/c30-23-12-8-21(9-13-23)26-17-32-36-28(27(26)22-10-14-24(31)15-11-22)33-35(29(36)37)19-25-7-4-16-34(25)18-20-5-2-1-3-6-20/h1-3,5-6,8-15,17,25H,4,7,16,18-19H2/t25-/m0/s1. The highest BCUT2D eigenvalue weighted by Crippen LogP contribution is 2.35. The Morgan fingerprint density at radius 3 is 2.24 bits per heavy atom. The highest BCUT2D eigenvalue weighted by molar-refractivity contribution is 6.31. The third-order valence-electron chi connectivity index (χ3n) is 7.01. The Kier molecular flexibility index (Phi) is 6.55.